The number of anilines is 1. The summed E-state index contributed by atoms with van der Waals surface area (Å²) in [5.74, 6) is 1.34. The summed E-state index contributed by atoms with van der Waals surface area (Å²) in [6, 6.07) is 8.01. The van der Waals surface area contributed by atoms with Gasteiger partial charge in [0.2, 0.25) is 0 Å². The highest BCUT2D eigenvalue weighted by Gasteiger charge is 2.23. The molecule has 0 saturated heterocycles. The second kappa shape index (κ2) is 9.40. The molecule has 4 atom stereocenters. The van der Waals surface area contributed by atoms with Crippen LogP contribution in [0.5, 0.6) is 0 Å². The fraction of sp³-hybridized carbons (Fsp3) is 0.280. The Kier molecular flexibility index (Phi) is 6.42. The number of carbonyl (C=O) groups is 1. The van der Waals surface area contributed by atoms with Crippen molar-refractivity contribution in [2.75, 3.05) is 5.32 Å². The van der Waals surface area contributed by atoms with Crippen LogP contribution in [0.2, 0.25) is 0 Å². The summed E-state index contributed by atoms with van der Waals surface area (Å²) >= 11 is 6.17. The predicted molar refractivity (Wildman–Crippen MR) is 128 cm³/mol. The van der Waals surface area contributed by atoms with Crippen LogP contribution in [0.3, 0.4) is 0 Å². The van der Waals surface area contributed by atoms with Gasteiger partial charge in [-0.05, 0) is 61.4 Å². The van der Waals surface area contributed by atoms with Crippen molar-refractivity contribution in [2.24, 2.45) is 16.8 Å². The zero-order chi connectivity index (χ0) is 21.8. The van der Waals surface area contributed by atoms with Crippen LogP contribution < -0.4 is 16.0 Å². The number of carbonyl (C=O) groups excluding carboxylic acids is 1. The van der Waals surface area contributed by atoms with Gasteiger partial charge in [-0.1, -0.05) is 55.0 Å². The number of halogens is 1. The van der Waals surface area contributed by atoms with Gasteiger partial charge in [-0.3, -0.25) is 4.79 Å². The number of allylic oxidation sites excluding steroid dienone is 3. The van der Waals surface area contributed by atoms with Gasteiger partial charge in [0.25, 0.3) is 5.91 Å². The first kappa shape index (κ1) is 21.2. The largest absolute Gasteiger partial charge is 0.384 e. The Bertz CT molecular complexity index is 1030. The van der Waals surface area contributed by atoms with Crippen molar-refractivity contribution < 1.29 is 4.79 Å². The Hall–Kier alpha value is -3.05. The van der Waals surface area contributed by atoms with E-state index in [1.807, 2.05) is 54.8 Å². The number of hydrogen-bond donors (Lipinski definition) is 3. The molecule has 0 fully saturated rings. The monoisotopic (exact) mass is 434 g/mol. The van der Waals surface area contributed by atoms with Crippen LogP contribution in [0, 0.1) is 11.8 Å². The van der Waals surface area contributed by atoms with Gasteiger partial charge in [0.15, 0.2) is 0 Å². The van der Waals surface area contributed by atoms with Crippen LogP contribution in [-0.4, -0.2) is 17.1 Å². The molecule has 5 nitrogen and oxygen atoms in total. The Morgan fingerprint density at radius 2 is 2.13 bits per heavy atom. The van der Waals surface area contributed by atoms with E-state index in [1.54, 1.807) is 0 Å². The van der Waals surface area contributed by atoms with E-state index in [0.717, 1.165) is 23.5 Å². The average Bonchev–Trinajstić information content (AvgIpc) is 3.20. The SMILES string of the molecule is CC1\C=C(N[C@@H](C)c2cccc(NC(=O)C3=CC4NC=CC4C=C3)c2)/N=C(Cl)/C=C/C1. The molecule has 6 heteroatoms. The number of benzene rings is 1. The summed E-state index contributed by atoms with van der Waals surface area (Å²) in [5, 5.41) is 10.2. The summed E-state index contributed by atoms with van der Waals surface area (Å²) in [5.41, 5.74) is 2.47. The molecule has 0 aromatic heterocycles. The molecule has 4 rings (SSSR count). The molecule has 0 saturated carbocycles. The Labute approximate surface area is 188 Å². The molecular formula is C25H27ClN4O. The number of nitrogens with zero attached hydrogens (tertiary/aromatic N) is 1. The van der Waals surface area contributed by atoms with Crippen LogP contribution in [0.25, 0.3) is 0 Å². The molecule has 0 bridgehead atoms. The minimum atomic E-state index is -0.110. The third kappa shape index (κ3) is 5.36. The molecule has 0 spiro atoms. The second-order valence-electron chi connectivity index (χ2n) is 8.16. The molecule has 2 aliphatic heterocycles. The molecule has 160 valence electrons. The van der Waals surface area contributed by atoms with Crippen molar-refractivity contribution in [3.63, 3.8) is 0 Å². The van der Waals surface area contributed by atoms with E-state index in [0.29, 0.717) is 22.6 Å². The molecule has 3 N–H and O–H groups in total. The number of amides is 1. The van der Waals surface area contributed by atoms with Gasteiger partial charge < -0.3 is 16.0 Å². The van der Waals surface area contributed by atoms with E-state index in [4.69, 9.17) is 11.6 Å². The maximum atomic E-state index is 12.8. The Morgan fingerprint density at radius 1 is 1.26 bits per heavy atom. The fourth-order valence-electron chi connectivity index (χ4n) is 3.85. The summed E-state index contributed by atoms with van der Waals surface area (Å²) in [6.45, 7) is 4.21. The summed E-state index contributed by atoms with van der Waals surface area (Å²) in [6.07, 6.45) is 16.9. The number of rotatable bonds is 5. The Morgan fingerprint density at radius 3 is 3.00 bits per heavy atom. The van der Waals surface area contributed by atoms with E-state index in [9.17, 15) is 4.79 Å². The van der Waals surface area contributed by atoms with E-state index in [2.05, 4.69) is 53.0 Å². The van der Waals surface area contributed by atoms with Crippen LogP contribution in [0.15, 0.2) is 89.4 Å². The molecule has 1 aliphatic carbocycles. The van der Waals surface area contributed by atoms with Gasteiger partial charge in [-0.2, -0.15) is 0 Å². The van der Waals surface area contributed by atoms with Gasteiger partial charge >= 0.3 is 0 Å². The predicted octanol–water partition coefficient (Wildman–Crippen LogP) is 4.95. The molecular weight excluding hydrogens is 408 g/mol. The molecule has 2 heterocycles. The molecule has 1 aromatic carbocycles. The fourth-order valence-corrected chi connectivity index (χ4v) is 4.03. The lowest BCUT2D eigenvalue weighted by Crippen LogP contribution is -2.28. The lowest BCUT2D eigenvalue weighted by atomic mass is 9.93. The highest BCUT2D eigenvalue weighted by molar-refractivity contribution is 6.68. The minimum Gasteiger partial charge on any atom is -0.384 e. The maximum absolute atomic E-state index is 12.8. The minimum absolute atomic E-state index is 0.00441. The van der Waals surface area contributed by atoms with Gasteiger partial charge in [-0.15, -0.1) is 0 Å². The number of fused-ring (bicyclic) bond motifs is 1. The molecule has 3 aliphatic rings. The lowest BCUT2D eigenvalue weighted by molar-refractivity contribution is -0.112. The van der Waals surface area contributed by atoms with E-state index >= 15 is 0 Å². The summed E-state index contributed by atoms with van der Waals surface area (Å²) in [7, 11) is 0. The van der Waals surface area contributed by atoms with Crippen molar-refractivity contribution in [1.82, 2.24) is 10.6 Å². The first-order valence-electron chi connectivity index (χ1n) is 10.6. The van der Waals surface area contributed by atoms with Crippen molar-refractivity contribution in [3.05, 3.63) is 90.0 Å². The van der Waals surface area contributed by atoms with E-state index in [-0.39, 0.29) is 18.0 Å². The highest BCUT2D eigenvalue weighted by Crippen LogP contribution is 2.24. The number of hydrogen-bond acceptors (Lipinski definition) is 4. The number of nitrogens with one attached hydrogen (secondary N) is 3. The summed E-state index contributed by atoms with van der Waals surface area (Å²) < 4.78 is 0. The lowest BCUT2D eigenvalue weighted by Gasteiger charge is -2.20. The van der Waals surface area contributed by atoms with Crippen LogP contribution >= 0.6 is 11.6 Å². The maximum Gasteiger partial charge on any atom is 0.255 e. The molecule has 31 heavy (non-hydrogen) atoms. The molecule has 0 radical (unpaired) electrons. The standard InChI is InChI=1S/C25H27ClN4O/c1-16-5-3-8-23(26)30-24(13-16)28-17(2)19-6-4-7-21(14-19)29-25(31)20-10-9-18-11-12-27-22(18)15-20/h3-4,6-18,22,27-28H,5H2,1-2H3,(H,29,31)/b8-3+,24-13-,30-23-/t16?,17-,18?,22?/m0/s1. The van der Waals surface area contributed by atoms with Gasteiger partial charge in [0.05, 0.1) is 12.1 Å². The molecule has 1 amide bonds. The van der Waals surface area contributed by atoms with Crippen LogP contribution in [-0.2, 0) is 4.79 Å². The van der Waals surface area contributed by atoms with Crippen LogP contribution in [0.1, 0.15) is 31.9 Å². The number of aliphatic imine (C=N–C) groups is 1. The van der Waals surface area contributed by atoms with E-state index in [1.165, 1.54) is 0 Å². The zero-order valence-corrected chi connectivity index (χ0v) is 18.4. The van der Waals surface area contributed by atoms with E-state index < -0.39 is 0 Å². The quantitative estimate of drug-likeness (QED) is 0.614. The summed E-state index contributed by atoms with van der Waals surface area (Å²) in [4.78, 5) is 17.2. The third-order valence-corrected chi connectivity index (χ3v) is 5.79. The Balaban J connectivity index is 1.44. The smallest absolute Gasteiger partial charge is 0.255 e. The zero-order valence-electron chi connectivity index (χ0n) is 17.7. The van der Waals surface area contributed by atoms with Gasteiger partial charge in [0.1, 0.15) is 11.0 Å². The van der Waals surface area contributed by atoms with Crippen molar-refractivity contribution in [2.45, 2.75) is 32.4 Å². The topological polar surface area (TPSA) is 65.5 Å². The first-order valence-corrected chi connectivity index (χ1v) is 11.0. The van der Waals surface area contributed by atoms with Crippen LogP contribution in [0.4, 0.5) is 5.69 Å². The normalized spacial score (nSPS) is 29.6. The van der Waals surface area contributed by atoms with Gasteiger partial charge in [0, 0.05) is 17.2 Å². The van der Waals surface area contributed by atoms with Gasteiger partial charge in [-0.25, -0.2) is 4.99 Å². The first-order chi connectivity index (χ1) is 15.0. The second-order valence-corrected chi connectivity index (χ2v) is 8.54. The average molecular weight is 435 g/mol. The highest BCUT2D eigenvalue weighted by atomic mass is 35.5. The molecule has 1 aromatic rings. The van der Waals surface area contributed by atoms with Crippen molar-refractivity contribution in [1.29, 1.82) is 0 Å². The molecule has 3 unspecified atom stereocenters. The van der Waals surface area contributed by atoms with Crippen molar-refractivity contribution >= 4 is 28.4 Å². The third-order valence-electron chi connectivity index (χ3n) is 5.58. The van der Waals surface area contributed by atoms with Crippen molar-refractivity contribution in [3.8, 4) is 0 Å².